The van der Waals surface area contributed by atoms with Gasteiger partial charge in [0.05, 0.1) is 0 Å². The van der Waals surface area contributed by atoms with Gasteiger partial charge in [0.2, 0.25) is 0 Å². The summed E-state index contributed by atoms with van der Waals surface area (Å²) < 4.78 is 13.3. The fraction of sp³-hybridized carbons (Fsp3) is 0.286. The third-order valence-corrected chi connectivity index (χ3v) is 11.4. The van der Waals surface area contributed by atoms with Gasteiger partial charge in [0.1, 0.15) is 12.7 Å². The van der Waals surface area contributed by atoms with Crippen molar-refractivity contribution in [2.24, 2.45) is 0 Å². The Hall–Kier alpha value is -3.22. The Bertz CT molecular complexity index is 1100. The van der Waals surface area contributed by atoms with Crippen molar-refractivity contribution in [2.45, 2.75) is 44.9 Å². The highest BCUT2D eigenvalue weighted by Gasteiger charge is 2.54. The van der Waals surface area contributed by atoms with Crippen LogP contribution in [-0.2, 0) is 20.6 Å². The van der Waals surface area contributed by atoms with Crippen LogP contribution in [0, 0.1) is 5.21 Å². The summed E-state index contributed by atoms with van der Waals surface area (Å²) in [6.07, 6.45) is -0.184. The first kappa shape index (κ1) is 23.9. The highest BCUT2D eigenvalue weighted by atomic mass is 28.4. The first-order valence-corrected chi connectivity index (χ1v) is 13.5. The lowest BCUT2D eigenvalue weighted by Gasteiger charge is -2.44. The molecule has 0 spiro atoms. The SMILES string of the molecule is CC(C)(C)[Si](O[C@H]1CC[N+]([O-])=C1C(=O)OCc1ccccc1)(c1ccccc1)c1ccccc1. The zero-order valence-corrected chi connectivity index (χ0v) is 20.9. The van der Waals surface area contributed by atoms with Gasteiger partial charge in [0.25, 0.3) is 8.32 Å². The normalized spacial score (nSPS) is 16.5. The van der Waals surface area contributed by atoms with Crippen molar-refractivity contribution >= 4 is 30.4 Å². The van der Waals surface area contributed by atoms with Gasteiger partial charge in [-0.2, -0.15) is 0 Å². The van der Waals surface area contributed by atoms with Gasteiger partial charge >= 0.3 is 11.7 Å². The van der Waals surface area contributed by atoms with E-state index in [-0.39, 0.29) is 23.9 Å². The van der Waals surface area contributed by atoms with E-state index >= 15 is 0 Å². The number of nitrogens with zero attached hydrogens (tertiary/aromatic N) is 1. The lowest BCUT2D eigenvalue weighted by Crippen LogP contribution is -2.68. The van der Waals surface area contributed by atoms with Crippen molar-refractivity contribution in [3.8, 4) is 0 Å². The molecule has 0 bridgehead atoms. The summed E-state index contributed by atoms with van der Waals surface area (Å²) in [6, 6.07) is 29.9. The molecule has 0 aromatic heterocycles. The molecule has 5 nitrogen and oxygen atoms in total. The second-order valence-corrected chi connectivity index (χ2v) is 13.9. The number of esters is 1. The molecular formula is C28H31NO4Si. The molecule has 0 N–H and O–H groups in total. The zero-order chi connectivity index (χ0) is 24.2. The molecule has 1 heterocycles. The number of benzene rings is 3. The molecule has 0 fully saturated rings. The molecule has 3 aromatic rings. The van der Waals surface area contributed by atoms with Crippen LogP contribution in [0.4, 0.5) is 0 Å². The van der Waals surface area contributed by atoms with Crippen LogP contribution in [0.1, 0.15) is 32.8 Å². The van der Waals surface area contributed by atoms with Crippen LogP contribution in [-0.4, -0.2) is 37.4 Å². The standard InChI is InChI=1S/C28H31NO4Si/c1-28(2,3)34(23-15-9-5-10-16-23,24-17-11-6-12-18-24)33-25-19-20-29(31)26(25)27(30)32-21-22-13-7-4-8-14-22/h4-18,25H,19-21H2,1-3H3/t25-/m0/s1. The van der Waals surface area contributed by atoms with E-state index < -0.39 is 20.4 Å². The van der Waals surface area contributed by atoms with Crippen LogP contribution in [0.5, 0.6) is 0 Å². The number of carbonyl (C=O) groups is 1. The lowest BCUT2D eigenvalue weighted by molar-refractivity contribution is -0.448. The molecule has 0 aliphatic carbocycles. The minimum Gasteiger partial charge on any atom is -0.623 e. The lowest BCUT2D eigenvalue weighted by atomic mass is 10.2. The van der Waals surface area contributed by atoms with Crippen LogP contribution < -0.4 is 10.4 Å². The molecule has 0 radical (unpaired) electrons. The Balaban J connectivity index is 1.70. The maximum Gasteiger partial charge on any atom is 0.403 e. The molecule has 34 heavy (non-hydrogen) atoms. The predicted molar refractivity (Wildman–Crippen MR) is 137 cm³/mol. The topological polar surface area (TPSA) is 61.6 Å². The van der Waals surface area contributed by atoms with E-state index in [9.17, 15) is 10.0 Å². The Morgan fingerprint density at radius 3 is 1.91 bits per heavy atom. The van der Waals surface area contributed by atoms with Crippen molar-refractivity contribution in [2.75, 3.05) is 6.54 Å². The summed E-state index contributed by atoms with van der Waals surface area (Å²) in [4.78, 5) is 13.1. The van der Waals surface area contributed by atoms with E-state index in [1.165, 1.54) is 0 Å². The van der Waals surface area contributed by atoms with Gasteiger partial charge in [-0.1, -0.05) is 112 Å². The van der Waals surface area contributed by atoms with E-state index in [2.05, 4.69) is 45.0 Å². The summed E-state index contributed by atoms with van der Waals surface area (Å²) in [5.74, 6) is -0.612. The fourth-order valence-corrected chi connectivity index (χ4v) is 9.37. The predicted octanol–water partition coefficient (Wildman–Crippen LogP) is 4.03. The third-order valence-electron chi connectivity index (χ3n) is 6.33. The summed E-state index contributed by atoms with van der Waals surface area (Å²) in [6.45, 7) is 6.85. The van der Waals surface area contributed by atoms with E-state index in [1.54, 1.807) is 0 Å². The van der Waals surface area contributed by atoms with E-state index in [0.29, 0.717) is 6.42 Å². The van der Waals surface area contributed by atoms with Crippen molar-refractivity contribution in [1.29, 1.82) is 0 Å². The molecule has 1 aliphatic heterocycles. The molecule has 3 aromatic carbocycles. The van der Waals surface area contributed by atoms with E-state index in [0.717, 1.165) is 20.7 Å². The zero-order valence-electron chi connectivity index (χ0n) is 19.9. The maximum atomic E-state index is 13.1. The number of hydrogen-bond acceptors (Lipinski definition) is 4. The monoisotopic (exact) mass is 473 g/mol. The molecule has 6 heteroatoms. The molecule has 1 aliphatic rings. The molecule has 1 atom stereocenters. The Labute approximate surface area is 202 Å². The average Bonchev–Trinajstić information content (AvgIpc) is 3.21. The second kappa shape index (κ2) is 9.95. The first-order chi connectivity index (χ1) is 16.3. The third kappa shape index (κ3) is 4.69. The van der Waals surface area contributed by atoms with E-state index in [1.807, 2.05) is 66.7 Å². The maximum absolute atomic E-state index is 13.1. The molecular weight excluding hydrogens is 442 g/mol. The van der Waals surface area contributed by atoms with Crippen molar-refractivity contribution in [1.82, 2.24) is 0 Å². The largest absolute Gasteiger partial charge is 0.623 e. The molecule has 0 saturated heterocycles. The second-order valence-electron chi connectivity index (χ2n) is 9.61. The first-order valence-electron chi connectivity index (χ1n) is 11.6. The van der Waals surface area contributed by atoms with Crippen LogP contribution in [0.3, 0.4) is 0 Å². The van der Waals surface area contributed by atoms with Crippen molar-refractivity contribution in [3.63, 3.8) is 0 Å². The van der Waals surface area contributed by atoms with Gasteiger partial charge in [-0.15, -0.1) is 0 Å². The highest BCUT2D eigenvalue weighted by molar-refractivity contribution is 6.99. The minimum atomic E-state index is -2.91. The van der Waals surface area contributed by atoms with E-state index in [4.69, 9.17) is 9.16 Å². The van der Waals surface area contributed by atoms with Gasteiger partial charge in [-0.3, -0.25) is 0 Å². The quantitative estimate of drug-likeness (QED) is 0.225. The number of carbonyl (C=O) groups excluding carboxylic acids is 1. The average molecular weight is 474 g/mol. The highest BCUT2D eigenvalue weighted by Crippen LogP contribution is 2.38. The van der Waals surface area contributed by atoms with Crippen LogP contribution in [0.25, 0.3) is 0 Å². The Kier molecular flexibility index (Phi) is 7.00. The molecule has 0 amide bonds. The smallest absolute Gasteiger partial charge is 0.403 e. The van der Waals surface area contributed by atoms with Crippen LogP contribution in [0.2, 0.25) is 5.04 Å². The number of hydroxylamine groups is 1. The fourth-order valence-electron chi connectivity index (χ4n) is 4.70. The summed E-state index contributed by atoms with van der Waals surface area (Å²) in [5.41, 5.74) is 0.931. The summed E-state index contributed by atoms with van der Waals surface area (Å²) >= 11 is 0. The summed E-state index contributed by atoms with van der Waals surface area (Å²) in [5, 5.41) is 14.7. The summed E-state index contributed by atoms with van der Waals surface area (Å²) in [7, 11) is -2.91. The van der Waals surface area contributed by atoms with Gasteiger partial charge in [0, 0.05) is 6.42 Å². The number of hydrogen-bond donors (Lipinski definition) is 0. The molecule has 0 unspecified atom stereocenters. The van der Waals surface area contributed by atoms with Crippen molar-refractivity contribution in [3.05, 3.63) is 102 Å². The number of rotatable bonds is 7. The molecule has 0 saturated carbocycles. The molecule has 4 rings (SSSR count). The van der Waals surface area contributed by atoms with Crippen LogP contribution >= 0.6 is 0 Å². The van der Waals surface area contributed by atoms with Gasteiger partial charge in [-0.05, 0) is 21.0 Å². The Morgan fingerprint density at radius 2 is 1.41 bits per heavy atom. The van der Waals surface area contributed by atoms with Crippen molar-refractivity contribution < 1.29 is 18.7 Å². The molecule has 176 valence electrons. The van der Waals surface area contributed by atoms with Gasteiger partial charge in [-0.25, -0.2) is 9.53 Å². The Morgan fingerprint density at radius 1 is 0.912 bits per heavy atom. The van der Waals surface area contributed by atoms with Crippen LogP contribution in [0.15, 0.2) is 91.0 Å². The number of ether oxygens (including phenoxy) is 1. The van der Waals surface area contributed by atoms with Gasteiger partial charge in [0.15, 0.2) is 6.54 Å². The minimum absolute atomic E-state index is 0.0592. The van der Waals surface area contributed by atoms with Gasteiger partial charge < -0.3 is 14.4 Å².